The average molecular weight is 358 g/mol. The van der Waals surface area contributed by atoms with Crippen molar-refractivity contribution in [3.05, 3.63) is 12.2 Å². The molecular weight excluding hydrogens is 328 g/mol. The molecule has 0 rings (SSSR count). The number of methoxy groups -OCH3 is 1. The lowest BCUT2D eigenvalue weighted by molar-refractivity contribution is -0.166. The van der Waals surface area contributed by atoms with Crippen molar-refractivity contribution in [3.63, 3.8) is 0 Å². The molecule has 0 radical (unpaired) electrons. The van der Waals surface area contributed by atoms with Crippen molar-refractivity contribution >= 4 is 17.9 Å². The van der Waals surface area contributed by atoms with Gasteiger partial charge in [-0.25, -0.2) is 14.4 Å². The molecule has 1 N–H and O–H groups in total. The Kier molecular flexibility index (Phi) is 13.4. The Labute approximate surface area is 149 Å². The van der Waals surface area contributed by atoms with Crippen LogP contribution >= 0.6 is 0 Å². The van der Waals surface area contributed by atoms with Crippen molar-refractivity contribution in [1.29, 1.82) is 0 Å². The lowest BCUT2D eigenvalue weighted by Crippen LogP contribution is -2.31. The van der Waals surface area contributed by atoms with Gasteiger partial charge in [-0.3, -0.25) is 0 Å². The minimum Gasteiger partial charge on any atom is -0.478 e. The number of hydrogen-bond donors (Lipinski definition) is 1. The lowest BCUT2D eigenvalue weighted by Gasteiger charge is -2.21. The molecule has 0 bridgehead atoms. The second-order valence-corrected chi connectivity index (χ2v) is 5.76. The van der Waals surface area contributed by atoms with E-state index in [4.69, 9.17) is 19.3 Å². The maximum absolute atomic E-state index is 12.2. The third-order valence-electron chi connectivity index (χ3n) is 3.71. The fraction of sp³-hybridized carbons (Fsp3) is 0.722. The molecule has 2 atom stereocenters. The van der Waals surface area contributed by atoms with Gasteiger partial charge >= 0.3 is 17.9 Å². The highest BCUT2D eigenvalue weighted by atomic mass is 16.6. The molecule has 0 aliphatic carbocycles. The summed E-state index contributed by atoms with van der Waals surface area (Å²) in [6.07, 6.45) is 5.22. The molecule has 0 spiro atoms. The van der Waals surface area contributed by atoms with E-state index in [9.17, 15) is 14.4 Å². The second kappa shape index (κ2) is 14.5. The van der Waals surface area contributed by atoms with Crippen molar-refractivity contribution in [2.45, 2.75) is 58.5 Å². The molecule has 0 fully saturated rings. The number of carboxylic acids is 1. The third-order valence-corrected chi connectivity index (χ3v) is 3.71. The Morgan fingerprint density at radius 1 is 1.08 bits per heavy atom. The summed E-state index contributed by atoms with van der Waals surface area (Å²) in [4.78, 5) is 34.4. The van der Waals surface area contributed by atoms with Gasteiger partial charge in [-0.15, -0.1) is 0 Å². The van der Waals surface area contributed by atoms with Crippen molar-refractivity contribution in [1.82, 2.24) is 0 Å². The summed E-state index contributed by atoms with van der Waals surface area (Å²) in [5.41, 5.74) is 0. The molecule has 0 amide bonds. The van der Waals surface area contributed by atoms with Crippen molar-refractivity contribution < 1.29 is 33.7 Å². The van der Waals surface area contributed by atoms with Gasteiger partial charge in [0.15, 0.2) is 6.10 Å². The molecule has 7 heteroatoms. The standard InChI is InChI=1S/C18H30O7/c1-4-6-8-14(5-2)13-15(18(22)24-12-7-11-23-3)25-17(21)10-9-16(19)20/h9-10,14-15H,4-8,11-13H2,1-3H3,(H,19,20)/b10-9+. The van der Waals surface area contributed by atoms with Crippen LogP contribution in [0, 0.1) is 5.92 Å². The van der Waals surface area contributed by atoms with Crippen LogP contribution in [0.3, 0.4) is 0 Å². The van der Waals surface area contributed by atoms with Crippen LogP contribution in [-0.4, -0.2) is 49.4 Å². The summed E-state index contributed by atoms with van der Waals surface area (Å²) in [7, 11) is 1.56. The average Bonchev–Trinajstić information content (AvgIpc) is 2.59. The van der Waals surface area contributed by atoms with Crippen LogP contribution in [0.15, 0.2) is 12.2 Å². The van der Waals surface area contributed by atoms with Gasteiger partial charge < -0.3 is 19.3 Å². The van der Waals surface area contributed by atoms with Gasteiger partial charge in [0.25, 0.3) is 0 Å². The molecule has 0 saturated carbocycles. The molecule has 0 saturated heterocycles. The number of unbranched alkanes of at least 4 members (excludes halogenated alkanes) is 1. The van der Waals surface area contributed by atoms with Gasteiger partial charge in [-0.05, 0) is 12.3 Å². The molecule has 25 heavy (non-hydrogen) atoms. The highest BCUT2D eigenvalue weighted by Crippen LogP contribution is 2.21. The molecule has 0 aromatic rings. The zero-order valence-corrected chi connectivity index (χ0v) is 15.4. The van der Waals surface area contributed by atoms with E-state index < -0.39 is 24.0 Å². The van der Waals surface area contributed by atoms with E-state index in [1.165, 1.54) is 0 Å². The topological polar surface area (TPSA) is 99.1 Å². The predicted octanol–water partition coefficient (Wildman–Crippen LogP) is 2.73. The molecule has 0 aliphatic heterocycles. The van der Waals surface area contributed by atoms with Crippen molar-refractivity contribution in [3.8, 4) is 0 Å². The number of hydrogen-bond acceptors (Lipinski definition) is 6. The van der Waals surface area contributed by atoms with Crippen LogP contribution in [0.25, 0.3) is 0 Å². The minimum absolute atomic E-state index is 0.178. The summed E-state index contributed by atoms with van der Waals surface area (Å²) < 4.78 is 15.2. The number of esters is 2. The van der Waals surface area contributed by atoms with Crippen molar-refractivity contribution in [2.24, 2.45) is 5.92 Å². The summed E-state index contributed by atoms with van der Waals surface area (Å²) in [5, 5.41) is 8.55. The quantitative estimate of drug-likeness (QED) is 0.289. The van der Waals surface area contributed by atoms with E-state index in [-0.39, 0.29) is 12.5 Å². The van der Waals surface area contributed by atoms with Gasteiger partial charge in [-0.2, -0.15) is 0 Å². The Bertz CT molecular complexity index is 431. The molecule has 0 aromatic heterocycles. The Morgan fingerprint density at radius 3 is 2.36 bits per heavy atom. The number of rotatable bonds is 14. The van der Waals surface area contributed by atoms with E-state index in [0.717, 1.165) is 31.8 Å². The number of carbonyl (C=O) groups excluding carboxylic acids is 2. The van der Waals surface area contributed by atoms with Crippen LogP contribution in [0.5, 0.6) is 0 Å². The summed E-state index contributed by atoms with van der Waals surface area (Å²) in [6, 6.07) is 0. The largest absolute Gasteiger partial charge is 0.478 e. The highest BCUT2D eigenvalue weighted by Gasteiger charge is 2.27. The number of aliphatic carboxylic acids is 1. The Balaban J connectivity index is 4.80. The molecule has 0 aromatic carbocycles. The van der Waals surface area contributed by atoms with Crippen molar-refractivity contribution in [2.75, 3.05) is 20.3 Å². The Hall–Kier alpha value is -1.89. The van der Waals surface area contributed by atoms with E-state index in [2.05, 4.69) is 6.92 Å². The first kappa shape index (κ1) is 23.1. The molecule has 0 heterocycles. The summed E-state index contributed by atoms with van der Waals surface area (Å²) >= 11 is 0. The second-order valence-electron chi connectivity index (χ2n) is 5.76. The van der Waals surface area contributed by atoms with Crippen LogP contribution in [0.1, 0.15) is 52.4 Å². The number of carbonyl (C=O) groups is 3. The third kappa shape index (κ3) is 12.2. The van der Waals surface area contributed by atoms with Crippen LogP contribution in [-0.2, 0) is 28.6 Å². The molecule has 0 aliphatic rings. The molecule has 144 valence electrons. The van der Waals surface area contributed by atoms with E-state index in [1.54, 1.807) is 7.11 Å². The highest BCUT2D eigenvalue weighted by molar-refractivity contribution is 5.92. The monoisotopic (exact) mass is 358 g/mol. The van der Waals surface area contributed by atoms with Gasteiger partial charge in [0.1, 0.15) is 0 Å². The normalized spacial score (nSPS) is 13.4. The fourth-order valence-corrected chi connectivity index (χ4v) is 2.26. The summed E-state index contributed by atoms with van der Waals surface area (Å²) in [5.74, 6) is -2.51. The number of carboxylic acid groups (broad SMARTS) is 1. The van der Waals surface area contributed by atoms with E-state index in [0.29, 0.717) is 25.5 Å². The molecule has 7 nitrogen and oxygen atoms in total. The van der Waals surface area contributed by atoms with Crippen LogP contribution in [0.4, 0.5) is 0 Å². The van der Waals surface area contributed by atoms with Crippen LogP contribution < -0.4 is 0 Å². The lowest BCUT2D eigenvalue weighted by atomic mass is 9.93. The zero-order chi connectivity index (χ0) is 19.1. The first-order chi connectivity index (χ1) is 11.9. The molecule has 2 unspecified atom stereocenters. The van der Waals surface area contributed by atoms with Gasteiger partial charge in [-0.1, -0.05) is 39.5 Å². The maximum Gasteiger partial charge on any atom is 0.347 e. The van der Waals surface area contributed by atoms with Gasteiger partial charge in [0, 0.05) is 32.3 Å². The van der Waals surface area contributed by atoms with Gasteiger partial charge in [0.2, 0.25) is 0 Å². The maximum atomic E-state index is 12.2. The van der Waals surface area contributed by atoms with E-state index >= 15 is 0 Å². The van der Waals surface area contributed by atoms with Crippen LogP contribution in [0.2, 0.25) is 0 Å². The fourth-order valence-electron chi connectivity index (χ4n) is 2.26. The summed E-state index contributed by atoms with van der Waals surface area (Å²) in [6.45, 7) is 4.75. The first-order valence-electron chi connectivity index (χ1n) is 8.71. The minimum atomic E-state index is -1.26. The zero-order valence-electron chi connectivity index (χ0n) is 15.4. The van der Waals surface area contributed by atoms with E-state index in [1.807, 2.05) is 6.92 Å². The first-order valence-corrected chi connectivity index (χ1v) is 8.71. The van der Waals surface area contributed by atoms with Gasteiger partial charge in [0.05, 0.1) is 6.61 Å². The predicted molar refractivity (Wildman–Crippen MR) is 92.0 cm³/mol. The SMILES string of the molecule is CCCCC(CC)CC(OC(=O)/C=C/C(=O)O)C(=O)OCCCOC. The number of ether oxygens (including phenoxy) is 3. The Morgan fingerprint density at radius 2 is 1.80 bits per heavy atom. The molecular formula is C18H30O7. The smallest absolute Gasteiger partial charge is 0.347 e.